The van der Waals surface area contributed by atoms with E-state index < -0.39 is 0 Å². The molecule has 0 amide bonds. The van der Waals surface area contributed by atoms with Gasteiger partial charge in [-0.2, -0.15) is 0 Å². The predicted octanol–water partition coefficient (Wildman–Crippen LogP) is 10.5. The zero-order valence-corrected chi connectivity index (χ0v) is 20.3. The van der Waals surface area contributed by atoms with Crippen LogP contribution in [0, 0.1) is 5.92 Å². The predicted molar refractivity (Wildman–Crippen MR) is 133 cm³/mol. The molecule has 0 saturated carbocycles. The minimum absolute atomic E-state index is 0.779. The van der Waals surface area contributed by atoms with Crippen LogP contribution in [0.3, 0.4) is 0 Å². The molecule has 0 nitrogen and oxygen atoms in total. The van der Waals surface area contributed by atoms with Crippen LogP contribution >= 0.6 is 0 Å². The van der Waals surface area contributed by atoms with Crippen molar-refractivity contribution in [3.63, 3.8) is 0 Å². The van der Waals surface area contributed by atoms with Gasteiger partial charge in [0, 0.05) is 0 Å². The first-order valence-corrected chi connectivity index (χ1v) is 13.4. The maximum absolute atomic E-state index is 2.41. The van der Waals surface area contributed by atoms with E-state index in [2.05, 4.69) is 51.1 Å². The Morgan fingerprint density at radius 3 is 1.48 bits per heavy atom. The zero-order valence-electron chi connectivity index (χ0n) is 20.3. The lowest BCUT2D eigenvalue weighted by molar-refractivity contribution is 0.344. The molecule has 0 aliphatic heterocycles. The third kappa shape index (κ3) is 13.2. The molecule has 1 aromatic rings. The Balaban J connectivity index is 2.23. The van der Waals surface area contributed by atoms with Crippen LogP contribution in [-0.2, 0) is 0 Å². The molecule has 0 heterocycles. The highest BCUT2D eigenvalue weighted by atomic mass is 14.3. The van der Waals surface area contributed by atoms with Crippen molar-refractivity contribution in [3.8, 4) is 0 Å². The van der Waals surface area contributed by atoms with E-state index >= 15 is 0 Å². The minimum Gasteiger partial charge on any atom is -0.0654 e. The Labute approximate surface area is 184 Å². The average molecular weight is 401 g/mol. The van der Waals surface area contributed by atoms with Crippen molar-refractivity contribution in [1.82, 2.24) is 0 Å². The van der Waals surface area contributed by atoms with Crippen molar-refractivity contribution in [2.24, 2.45) is 5.92 Å². The van der Waals surface area contributed by atoms with Crippen molar-refractivity contribution in [2.45, 2.75) is 142 Å². The molecule has 0 aliphatic rings. The third-order valence-corrected chi connectivity index (χ3v) is 6.87. The van der Waals surface area contributed by atoms with Crippen molar-refractivity contribution in [3.05, 3.63) is 35.9 Å². The molecule has 0 aliphatic carbocycles. The van der Waals surface area contributed by atoms with Gasteiger partial charge in [-0.15, -0.1) is 0 Å². The first-order chi connectivity index (χ1) is 14.3. The largest absolute Gasteiger partial charge is 0.0654 e. The van der Waals surface area contributed by atoms with Crippen LogP contribution in [0.15, 0.2) is 30.3 Å². The molecule has 168 valence electrons. The summed E-state index contributed by atoms with van der Waals surface area (Å²) >= 11 is 0. The van der Waals surface area contributed by atoms with Crippen molar-refractivity contribution < 1.29 is 0 Å². The molecule has 0 heteroatoms. The van der Waals surface area contributed by atoms with E-state index in [0.717, 1.165) is 11.8 Å². The molecule has 0 spiro atoms. The van der Waals surface area contributed by atoms with Gasteiger partial charge in [0.15, 0.2) is 0 Å². The molecule has 2 unspecified atom stereocenters. The van der Waals surface area contributed by atoms with Crippen molar-refractivity contribution in [2.75, 3.05) is 0 Å². The van der Waals surface area contributed by atoms with Crippen LogP contribution in [0.25, 0.3) is 0 Å². The van der Waals surface area contributed by atoms with Crippen LogP contribution < -0.4 is 0 Å². The maximum atomic E-state index is 2.41. The number of hydrogen-bond donors (Lipinski definition) is 0. The second kappa shape index (κ2) is 19.2. The molecule has 1 aromatic carbocycles. The molecule has 0 radical (unpaired) electrons. The summed E-state index contributed by atoms with van der Waals surface area (Å²) in [4.78, 5) is 0. The second-order valence-electron chi connectivity index (χ2n) is 9.36. The van der Waals surface area contributed by atoms with Gasteiger partial charge in [-0.1, -0.05) is 154 Å². The van der Waals surface area contributed by atoms with E-state index in [1.54, 1.807) is 5.56 Å². The van der Waals surface area contributed by atoms with Gasteiger partial charge < -0.3 is 0 Å². The van der Waals surface area contributed by atoms with Crippen molar-refractivity contribution in [1.29, 1.82) is 0 Å². The lowest BCUT2D eigenvalue weighted by Gasteiger charge is -2.27. The van der Waals surface area contributed by atoms with Gasteiger partial charge >= 0.3 is 0 Å². The molecular weight excluding hydrogens is 348 g/mol. The number of unbranched alkanes of at least 4 members (excludes halogenated alkanes) is 13. The Morgan fingerprint density at radius 2 is 0.966 bits per heavy atom. The van der Waals surface area contributed by atoms with Crippen LogP contribution in [0.2, 0.25) is 0 Å². The smallest absolute Gasteiger partial charge is 0.0134 e. The maximum Gasteiger partial charge on any atom is -0.0134 e. The fourth-order valence-corrected chi connectivity index (χ4v) is 4.93. The summed E-state index contributed by atoms with van der Waals surface area (Å²) in [6.07, 6.45) is 25.6. The summed E-state index contributed by atoms with van der Waals surface area (Å²) in [6.45, 7) is 7.04. The van der Waals surface area contributed by atoms with Crippen molar-refractivity contribution >= 4 is 0 Å². The fourth-order valence-electron chi connectivity index (χ4n) is 4.93. The van der Waals surface area contributed by atoms with Gasteiger partial charge in [-0.25, -0.2) is 0 Å². The van der Waals surface area contributed by atoms with Gasteiger partial charge in [0.1, 0.15) is 0 Å². The lowest BCUT2D eigenvalue weighted by atomic mass is 9.78. The van der Waals surface area contributed by atoms with Gasteiger partial charge in [-0.3, -0.25) is 0 Å². The summed E-state index contributed by atoms with van der Waals surface area (Å²) in [5.74, 6) is 1.65. The molecule has 2 atom stereocenters. The highest BCUT2D eigenvalue weighted by Gasteiger charge is 2.21. The molecule has 0 fully saturated rings. The highest BCUT2D eigenvalue weighted by Crippen LogP contribution is 2.35. The Kier molecular flexibility index (Phi) is 17.4. The van der Waals surface area contributed by atoms with Gasteiger partial charge in [0.2, 0.25) is 0 Å². The highest BCUT2D eigenvalue weighted by molar-refractivity contribution is 5.20. The summed E-state index contributed by atoms with van der Waals surface area (Å²) in [7, 11) is 0. The van der Waals surface area contributed by atoms with E-state index in [0.29, 0.717) is 0 Å². The zero-order chi connectivity index (χ0) is 21.0. The first-order valence-electron chi connectivity index (χ1n) is 13.4. The van der Waals surface area contributed by atoms with Crippen LogP contribution in [-0.4, -0.2) is 0 Å². The van der Waals surface area contributed by atoms with E-state index in [4.69, 9.17) is 0 Å². The molecular formula is C29H52. The van der Waals surface area contributed by atoms with E-state index in [1.165, 1.54) is 116 Å². The summed E-state index contributed by atoms with van der Waals surface area (Å²) in [5, 5.41) is 0. The van der Waals surface area contributed by atoms with Gasteiger partial charge in [0.05, 0.1) is 0 Å². The fraction of sp³-hybridized carbons (Fsp3) is 0.793. The van der Waals surface area contributed by atoms with Crippen LogP contribution in [0.1, 0.15) is 148 Å². The molecule has 0 bridgehead atoms. The van der Waals surface area contributed by atoms with E-state index in [9.17, 15) is 0 Å². The minimum atomic E-state index is 0.779. The summed E-state index contributed by atoms with van der Waals surface area (Å²) in [6, 6.07) is 11.4. The van der Waals surface area contributed by atoms with E-state index in [1.807, 2.05) is 0 Å². The molecule has 29 heavy (non-hydrogen) atoms. The quantitative estimate of drug-likeness (QED) is 0.191. The number of hydrogen-bond acceptors (Lipinski definition) is 0. The lowest BCUT2D eigenvalue weighted by Crippen LogP contribution is -2.13. The summed E-state index contributed by atoms with van der Waals surface area (Å²) in [5.41, 5.74) is 1.60. The average Bonchev–Trinajstić information content (AvgIpc) is 2.76. The topological polar surface area (TPSA) is 0 Å². The molecule has 0 saturated heterocycles. The molecule has 1 rings (SSSR count). The normalized spacial score (nSPS) is 13.5. The van der Waals surface area contributed by atoms with Crippen LogP contribution in [0.4, 0.5) is 0 Å². The first kappa shape index (κ1) is 26.3. The van der Waals surface area contributed by atoms with E-state index in [-0.39, 0.29) is 0 Å². The monoisotopic (exact) mass is 400 g/mol. The Bertz CT molecular complexity index is 435. The number of rotatable bonds is 20. The van der Waals surface area contributed by atoms with Gasteiger partial charge in [0.25, 0.3) is 0 Å². The molecule has 0 N–H and O–H groups in total. The SMILES string of the molecule is CCCCCCCCCCCCCCC(c1ccccc1)C(CC)CCCCC. The second-order valence-corrected chi connectivity index (χ2v) is 9.36. The standard InChI is InChI=1S/C29H52/c1-4-7-9-10-11-12-13-14-15-16-17-22-26-29(28-24-20-18-21-25-28)27(6-3)23-19-8-5-2/h18,20-21,24-25,27,29H,4-17,19,22-23,26H2,1-3H3. The third-order valence-electron chi connectivity index (χ3n) is 6.87. The summed E-state index contributed by atoms with van der Waals surface area (Å²) < 4.78 is 0. The Hall–Kier alpha value is -0.780. The number of benzene rings is 1. The van der Waals surface area contributed by atoms with Gasteiger partial charge in [-0.05, 0) is 30.2 Å². The molecule has 0 aromatic heterocycles. The van der Waals surface area contributed by atoms with Crippen LogP contribution in [0.5, 0.6) is 0 Å². The Morgan fingerprint density at radius 1 is 0.517 bits per heavy atom.